The van der Waals surface area contributed by atoms with Gasteiger partial charge < -0.3 is 14.4 Å². The summed E-state index contributed by atoms with van der Waals surface area (Å²) in [6.07, 6.45) is 2.46. The van der Waals surface area contributed by atoms with E-state index in [1.807, 2.05) is 0 Å². The van der Waals surface area contributed by atoms with Gasteiger partial charge in [-0.2, -0.15) is 0 Å². The Kier molecular flexibility index (Phi) is 5.05. The molecule has 1 aromatic carbocycles. The highest BCUT2D eigenvalue weighted by Crippen LogP contribution is 2.45. The summed E-state index contributed by atoms with van der Waals surface area (Å²) in [5.41, 5.74) is 1.64. The van der Waals surface area contributed by atoms with E-state index in [0.717, 1.165) is 49.8 Å². The maximum atomic E-state index is 13.4. The van der Waals surface area contributed by atoms with Crippen molar-refractivity contribution in [2.45, 2.75) is 69.7 Å². The van der Waals surface area contributed by atoms with Crippen molar-refractivity contribution in [3.05, 3.63) is 41.2 Å². The summed E-state index contributed by atoms with van der Waals surface area (Å²) in [4.78, 5) is 0. The number of aliphatic hydroxyl groups is 1. The van der Waals surface area contributed by atoms with Crippen molar-refractivity contribution in [2.24, 2.45) is 0 Å². The molecule has 0 radical (unpaired) electrons. The van der Waals surface area contributed by atoms with Gasteiger partial charge in [-0.05, 0) is 38.5 Å². The van der Waals surface area contributed by atoms with Crippen LogP contribution in [0.3, 0.4) is 0 Å². The van der Waals surface area contributed by atoms with Gasteiger partial charge in [-0.1, -0.05) is 29.4 Å². The largest absolute Gasteiger partial charge is 0.393 e. The molecule has 1 aromatic heterocycles. The predicted octanol–water partition coefficient (Wildman–Crippen LogP) is 4.98. The summed E-state index contributed by atoms with van der Waals surface area (Å²) in [6, 6.07) is 6.44. The lowest BCUT2D eigenvalue weighted by Gasteiger charge is -2.25. The molecule has 0 aliphatic heterocycles. The van der Waals surface area contributed by atoms with Crippen molar-refractivity contribution in [1.29, 1.82) is 0 Å². The molecule has 2 aromatic rings. The number of halogens is 2. The average molecular weight is 363 g/mol. The third kappa shape index (κ3) is 3.67. The molecule has 4 rings (SSSR count). The van der Waals surface area contributed by atoms with E-state index in [1.165, 1.54) is 6.07 Å². The van der Waals surface area contributed by atoms with Crippen LogP contribution in [-0.4, -0.2) is 22.5 Å². The average Bonchev–Trinajstić information content (AvgIpc) is 3.41. The fourth-order valence-electron chi connectivity index (χ4n) is 3.66. The fourth-order valence-corrected chi connectivity index (χ4v) is 3.66. The minimum absolute atomic E-state index is 0.0369. The number of hydrogen-bond donors (Lipinski definition) is 1. The number of aliphatic hydroxyl groups excluding tert-OH is 1. The Morgan fingerprint density at radius 3 is 2.54 bits per heavy atom. The molecule has 4 nitrogen and oxygen atoms in total. The Labute approximate surface area is 151 Å². The molecule has 2 fully saturated rings. The third-order valence-electron chi connectivity index (χ3n) is 5.32. The van der Waals surface area contributed by atoms with Crippen LogP contribution in [0.25, 0.3) is 11.3 Å². The highest BCUT2D eigenvalue weighted by molar-refractivity contribution is 5.68. The quantitative estimate of drug-likeness (QED) is 0.787. The molecule has 26 heavy (non-hydrogen) atoms. The van der Waals surface area contributed by atoms with E-state index in [9.17, 15) is 13.9 Å². The molecule has 0 amide bonds. The van der Waals surface area contributed by atoms with Crippen LogP contribution in [0.1, 0.15) is 67.8 Å². The molecule has 1 N–H and O–H groups in total. The first kappa shape index (κ1) is 17.6. The maximum absolute atomic E-state index is 13.4. The van der Waals surface area contributed by atoms with Crippen LogP contribution < -0.4 is 0 Å². The number of hydrogen-bond acceptors (Lipinski definition) is 4. The van der Waals surface area contributed by atoms with Crippen molar-refractivity contribution in [2.75, 3.05) is 0 Å². The molecule has 1 heterocycles. The standard InChI is InChI=1S/C20H23F2NO3/c21-20(22)16-4-2-1-3-15(16)18-17(19(26-23-18)12-5-6-12)11-25-14-9-7-13(24)8-10-14/h1-4,12-14,20,24H,5-11H2. The van der Waals surface area contributed by atoms with Gasteiger partial charge in [0, 0.05) is 22.6 Å². The molecule has 2 aliphatic carbocycles. The Balaban J connectivity index is 1.60. The van der Waals surface area contributed by atoms with Crippen LogP contribution in [0, 0.1) is 0 Å². The van der Waals surface area contributed by atoms with Gasteiger partial charge in [-0.15, -0.1) is 0 Å². The SMILES string of the molecule is OC1CCC(OCc2c(-c3ccccc3C(F)F)noc2C2CC2)CC1. The van der Waals surface area contributed by atoms with Crippen molar-refractivity contribution in [3.8, 4) is 11.3 Å². The Morgan fingerprint density at radius 1 is 1.12 bits per heavy atom. The summed E-state index contributed by atoms with van der Waals surface area (Å²) in [7, 11) is 0. The molecule has 0 spiro atoms. The van der Waals surface area contributed by atoms with Gasteiger partial charge in [-0.3, -0.25) is 0 Å². The van der Waals surface area contributed by atoms with Crippen LogP contribution in [0.15, 0.2) is 28.8 Å². The molecule has 6 heteroatoms. The lowest BCUT2D eigenvalue weighted by Crippen LogP contribution is -2.24. The van der Waals surface area contributed by atoms with Crippen molar-refractivity contribution in [3.63, 3.8) is 0 Å². The molecule has 2 saturated carbocycles. The van der Waals surface area contributed by atoms with Crippen molar-refractivity contribution < 1.29 is 23.1 Å². The number of nitrogens with zero attached hydrogens (tertiary/aromatic N) is 1. The second kappa shape index (κ2) is 7.45. The molecule has 0 saturated heterocycles. The molecular weight excluding hydrogens is 340 g/mol. The minimum Gasteiger partial charge on any atom is -0.393 e. The van der Waals surface area contributed by atoms with Gasteiger partial charge in [0.15, 0.2) is 0 Å². The number of rotatable bonds is 6. The van der Waals surface area contributed by atoms with Crippen LogP contribution in [0.4, 0.5) is 8.78 Å². The summed E-state index contributed by atoms with van der Waals surface area (Å²) >= 11 is 0. The van der Waals surface area contributed by atoms with Gasteiger partial charge in [0.1, 0.15) is 11.5 Å². The van der Waals surface area contributed by atoms with E-state index in [2.05, 4.69) is 5.16 Å². The monoisotopic (exact) mass is 363 g/mol. The topological polar surface area (TPSA) is 55.5 Å². The van der Waals surface area contributed by atoms with E-state index >= 15 is 0 Å². The van der Waals surface area contributed by atoms with E-state index in [4.69, 9.17) is 9.26 Å². The zero-order valence-electron chi connectivity index (χ0n) is 14.5. The van der Waals surface area contributed by atoms with E-state index in [0.29, 0.717) is 23.8 Å². The van der Waals surface area contributed by atoms with Crippen LogP contribution in [0.2, 0.25) is 0 Å². The smallest absolute Gasteiger partial charge is 0.264 e. The lowest BCUT2D eigenvalue weighted by molar-refractivity contribution is -0.0121. The predicted molar refractivity (Wildman–Crippen MR) is 91.9 cm³/mol. The van der Waals surface area contributed by atoms with Gasteiger partial charge in [0.05, 0.1) is 18.8 Å². The summed E-state index contributed by atoms with van der Waals surface area (Å²) < 4.78 is 38.5. The van der Waals surface area contributed by atoms with Crippen molar-refractivity contribution >= 4 is 0 Å². The van der Waals surface area contributed by atoms with Crippen LogP contribution in [-0.2, 0) is 11.3 Å². The normalized spacial score (nSPS) is 23.5. The molecule has 0 unspecified atom stereocenters. The Morgan fingerprint density at radius 2 is 1.85 bits per heavy atom. The number of benzene rings is 1. The Hall–Kier alpha value is -1.79. The molecule has 0 bridgehead atoms. The van der Waals surface area contributed by atoms with Crippen LogP contribution in [0.5, 0.6) is 0 Å². The van der Waals surface area contributed by atoms with Gasteiger partial charge in [0.2, 0.25) is 0 Å². The fraction of sp³-hybridized carbons (Fsp3) is 0.550. The van der Waals surface area contributed by atoms with Crippen molar-refractivity contribution in [1.82, 2.24) is 5.16 Å². The number of ether oxygens (including phenoxy) is 1. The van der Waals surface area contributed by atoms with E-state index in [-0.39, 0.29) is 17.8 Å². The first-order chi connectivity index (χ1) is 12.6. The number of alkyl halides is 2. The molecule has 2 aliphatic rings. The van der Waals surface area contributed by atoms with Gasteiger partial charge >= 0.3 is 0 Å². The highest BCUT2D eigenvalue weighted by Gasteiger charge is 2.34. The molecule has 0 atom stereocenters. The van der Waals surface area contributed by atoms with Crippen LogP contribution >= 0.6 is 0 Å². The van der Waals surface area contributed by atoms with E-state index in [1.54, 1.807) is 18.2 Å². The third-order valence-corrected chi connectivity index (χ3v) is 5.32. The van der Waals surface area contributed by atoms with Gasteiger partial charge in [-0.25, -0.2) is 8.78 Å². The highest BCUT2D eigenvalue weighted by atomic mass is 19.3. The second-order valence-corrected chi connectivity index (χ2v) is 7.28. The Bertz CT molecular complexity index is 749. The molecular formula is C20H23F2NO3. The summed E-state index contributed by atoms with van der Waals surface area (Å²) in [6.45, 7) is 0.309. The lowest BCUT2D eigenvalue weighted by atomic mass is 9.95. The first-order valence-corrected chi connectivity index (χ1v) is 9.29. The first-order valence-electron chi connectivity index (χ1n) is 9.29. The van der Waals surface area contributed by atoms with Gasteiger partial charge in [0.25, 0.3) is 6.43 Å². The minimum atomic E-state index is -2.57. The summed E-state index contributed by atoms with van der Waals surface area (Å²) in [5.74, 6) is 1.10. The zero-order chi connectivity index (χ0) is 18.1. The second-order valence-electron chi connectivity index (χ2n) is 7.28. The zero-order valence-corrected chi connectivity index (χ0v) is 14.5. The summed E-state index contributed by atoms with van der Waals surface area (Å²) in [5, 5.41) is 13.8. The molecule has 140 valence electrons. The maximum Gasteiger partial charge on any atom is 0.264 e. The van der Waals surface area contributed by atoms with E-state index < -0.39 is 6.43 Å². The number of aromatic nitrogens is 1.